The highest BCUT2D eigenvalue weighted by molar-refractivity contribution is 5.70. The van der Waals surface area contributed by atoms with Crippen molar-refractivity contribution >= 4 is 5.97 Å². The van der Waals surface area contributed by atoms with E-state index < -0.39 is 18.2 Å². The van der Waals surface area contributed by atoms with E-state index in [0.29, 0.717) is 19.0 Å². The molecule has 7 nitrogen and oxygen atoms in total. The molecule has 7 heteroatoms. The minimum atomic E-state index is -0.526. The first kappa shape index (κ1) is 25.9. The van der Waals surface area contributed by atoms with E-state index in [2.05, 4.69) is 0 Å². The lowest BCUT2D eigenvalue weighted by Crippen LogP contribution is -2.42. The summed E-state index contributed by atoms with van der Waals surface area (Å²) in [6, 6.07) is 26.8. The molecule has 1 saturated heterocycles. The minimum Gasteiger partial charge on any atom is -0.497 e. The summed E-state index contributed by atoms with van der Waals surface area (Å²) >= 11 is 0. The van der Waals surface area contributed by atoms with Crippen molar-refractivity contribution in [3.05, 3.63) is 102 Å². The van der Waals surface area contributed by atoms with Gasteiger partial charge in [-0.1, -0.05) is 72.8 Å². The smallest absolute Gasteiger partial charge is 0.306 e. The molecular weight excluding hydrogens is 458 g/mol. The Balaban J connectivity index is 1.62. The Morgan fingerprint density at radius 3 is 2.03 bits per heavy atom. The van der Waals surface area contributed by atoms with Crippen molar-refractivity contribution in [2.24, 2.45) is 0 Å². The van der Waals surface area contributed by atoms with E-state index in [1.165, 1.54) is 12.2 Å². The topological polar surface area (TPSA) is 77.5 Å². The maximum Gasteiger partial charge on any atom is 0.306 e. The van der Waals surface area contributed by atoms with Crippen LogP contribution in [0.1, 0.15) is 29.0 Å². The van der Waals surface area contributed by atoms with E-state index in [9.17, 15) is 10.0 Å². The Labute approximate surface area is 212 Å². The Hall–Kier alpha value is -3.23. The summed E-state index contributed by atoms with van der Waals surface area (Å²) in [6.07, 6.45) is -0.806. The van der Waals surface area contributed by atoms with Gasteiger partial charge in [-0.3, -0.25) is 4.79 Å². The Kier molecular flexibility index (Phi) is 9.08. The number of nitrogens with zero attached hydrogens (tertiary/aromatic N) is 1. The molecule has 1 heterocycles. The molecular formula is C29H33NO6. The third-order valence-electron chi connectivity index (χ3n) is 6.58. The van der Waals surface area contributed by atoms with Crippen LogP contribution < -0.4 is 4.74 Å². The molecule has 0 aromatic heterocycles. The van der Waals surface area contributed by atoms with Crippen molar-refractivity contribution < 1.29 is 28.9 Å². The zero-order chi connectivity index (χ0) is 25.3. The van der Waals surface area contributed by atoms with Crippen LogP contribution in [0.2, 0.25) is 0 Å². The van der Waals surface area contributed by atoms with Gasteiger partial charge in [0, 0.05) is 5.92 Å². The molecule has 0 amide bonds. The number of ether oxygens (including phenoxy) is 4. The second kappa shape index (κ2) is 12.6. The molecule has 0 saturated carbocycles. The molecule has 4 rings (SSSR count). The van der Waals surface area contributed by atoms with Crippen LogP contribution in [0.15, 0.2) is 84.9 Å². The molecule has 3 aromatic rings. The number of hydrogen-bond acceptors (Lipinski definition) is 7. The lowest BCUT2D eigenvalue weighted by molar-refractivity contribution is -0.148. The van der Waals surface area contributed by atoms with Crippen LogP contribution in [0.5, 0.6) is 5.75 Å². The molecule has 0 unspecified atom stereocenters. The number of hydrogen-bond donors (Lipinski definition) is 1. The van der Waals surface area contributed by atoms with Crippen molar-refractivity contribution in [3.8, 4) is 5.75 Å². The Morgan fingerprint density at radius 1 is 0.889 bits per heavy atom. The highest BCUT2D eigenvalue weighted by atomic mass is 16.6. The van der Waals surface area contributed by atoms with Gasteiger partial charge in [0.05, 0.1) is 46.4 Å². The van der Waals surface area contributed by atoms with Gasteiger partial charge in [0.25, 0.3) is 0 Å². The van der Waals surface area contributed by atoms with E-state index in [4.69, 9.17) is 18.9 Å². The van der Waals surface area contributed by atoms with Gasteiger partial charge in [0.1, 0.15) is 18.0 Å². The van der Waals surface area contributed by atoms with Crippen molar-refractivity contribution in [1.29, 1.82) is 0 Å². The van der Waals surface area contributed by atoms with Gasteiger partial charge in [-0.25, -0.2) is 0 Å². The van der Waals surface area contributed by atoms with Gasteiger partial charge in [-0.15, -0.1) is 0 Å². The summed E-state index contributed by atoms with van der Waals surface area (Å²) in [5, 5.41) is 12.4. The maximum absolute atomic E-state index is 12.4. The van der Waals surface area contributed by atoms with Crippen LogP contribution in [0.3, 0.4) is 0 Å². The van der Waals surface area contributed by atoms with Gasteiger partial charge in [-0.2, -0.15) is 5.06 Å². The molecule has 3 aromatic carbocycles. The molecule has 0 aliphatic carbocycles. The number of esters is 1. The standard InChI is InChI=1S/C29H33NO6/c1-33-24-15-13-23(14-16-24)25(17-27(31)34-2)28-29(36-20-22-11-7-4-8-12-22)26(18-30(28)32)35-19-21-9-5-3-6-10-21/h3-16,25-26,28-29,32H,17-20H2,1-2H3/t25-,26+,28+,29-/m1/s1. The van der Waals surface area contributed by atoms with E-state index in [1.54, 1.807) is 7.11 Å². The molecule has 190 valence electrons. The second-order valence-corrected chi connectivity index (χ2v) is 8.87. The molecule has 0 radical (unpaired) electrons. The van der Waals surface area contributed by atoms with Crippen LogP contribution in [-0.2, 0) is 32.2 Å². The number of carbonyl (C=O) groups is 1. The summed E-state index contributed by atoms with van der Waals surface area (Å²) in [5.41, 5.74) is 2.93. The van der Waals surface area contributed by atoms with Crippen molar-refractivity contribution in [2.75, 3.05) is 20.8 Å². The van der Waals surface area contributed by atoms with Gasteiger partial charge in [-0.05, 0) is 28.8 Å². The van der Waals surface area contributed by atoms with Crippen LogP contribution in [-0.4, -0.2) is 55.3 Å². The average molecular weight is 492 g/mol. The Bertz CT molecular complexity index is 1080. The molecule has 4 atom stereocenters. The largest absolute Gasteiger partial charge is 0.497 e. The second-order valence-electron chi connectivity index (χ2n) is 8.87. The third-order valence-corrected chi connectivity index (χ3v) is 6.58. The van der Waals surface area contributed by atoms with Gasteiger partial charge >= 0.3 is 5.97 Å². The average Bonchev–Trinajstić information content (AvgIpc) is 3.24. The summed E-state index contributed by atoms with van der Waals surface area (Å²) in [4.78, 5) is 12.4. The zero-order valence-corrected chi connectivity index (χ0v) is 20.7. The van der Waals surface area contributed by atoms with Crippen LogP contribution in [0, 0.1) is 0 Å². The first-order valence-electron chi connectivity index (χ1n) is 12.1. The normalized spacial score (nSPS) is 20.7. The first-order valence-corrected chi connectivity index (χ1v) is 12.1. The molecule has 1 aliphatic heterocycles. The van der Waals surface area contributed by atoms with Gasteiger partial charge < -0.3 is 24.2 Å². The summed E-state index contributed by atoms with van der Waals surface area (Å²) in [7, 11) is 2.98. The van der Waals surface area contributed by atoms with E-state index in [0.717, 1.165) is 16.7 Å². The molecule has 36 heavy (non-hydrogen) atoms. The summed E-state index contributed by atoms with van der Waals surface area (Å²) < 4.78 is 23.0. The SMILES string of the molecule is COC(=O)C[C@H](c1ccc(OC)cc1)[C@H]1[C@H](OCc2ccccc2)[C@@H](OCc2ccccc2)CN1O. The quantitative estimate of drug-likeness (QED) is 0.393. The van der Waals surface area contributed by atoms with E-state index in [1.807, 2.05) is 84.9 Å². The predicted octanol–water partition coefficient (Wildman–Crippen LogP) is 4.59. The fourth-order valence-electron chi connectivity index (χ4n) is 4.68. The predicted molar refractivity (Wildman–Crippen MR) is 135 cm³/mol. The number of carbonyl (C=O) groups excluding carboxylic acids is 1. The van der Waals surface area contributed by atoms with Gasteiger partial charge in [0.15, 0.2) is 0 Å². The fourth-order valence-corrected chi connectivity index (χ4v) is 4.68. The number of rotatable bonds is 11. The van der Waals surface area contributed by atoms with Crippen LogP contribution >= 0.6 is 0 Å². The summed E-state index contributed by atoms with van der Waals surface area (Å²) in [6.45, 7) is 1.00. The highest BCUT2D eigenvalue weighted by Crippen LogP contribution is 2.37. The lowest BCUT2D eigenvalue weighted by Gasteiger charge is -2.32. The number of methoxy groups -OCH3 is 2. The molecule has 0 spiro atoms. The molecule has 1 N–H and O–H groups in total. The van der Waals surface area contributed by atoms with E-state index >= 15 is 0 Å². The highest BCUT2D eigenvalue weighted by Gasteiger charge is 2.48. The van der Waals surface area contributed by atoms with Crippen LogP contribution in [0.4, 0.5) is 0 Å². The van der Waals surface area contributed by atoms with Crippen molar-refractivity contribution in [1.82, 2.24) is 5.06 Å². The van der Waals surface area contributed by atoms with E-state index in [-0.39, 0.29) is 24.9 Å². The molecule has 1 aliphatic rings. The summed E-state index contributed by atoms with van der Waals surface area (Å²) in [5.74, 6) is -0.0390. The molecule has 0 bridgehead atoms. The first-order chi connectivity index (χ1) is 17.6. The number of hydroxylamine groups is 2. The van der Waals surface area contributed by atoms with Crippen molar-refractivity contribution in [3.63, 3.8) is 0 Å². The van der Waals surface area contributed by atoms with Crippen molar-refractivity contribution in [2.45, 2.75) is 43.8 Å². The number of benzene rings is 3. The lowest BCUT2D eigenvalue weighted by atomic mass is 9.85. The Morgan fingerprint density at radius 2 is 1.47 bits per heavy atom. The maximum atomic E-state index is 12.4. The third kappa shape index (κ3) is 6.50. The van der Waals surface area contributed by atoms with Gasteiger partial charge in [0.2, 0.25) is 0 Å². The minimum absolute atomic E-state index is 0.0845. The molecule has 1 fully saturated rings. The fraction of sp³-hybridized carbons (Fsp3) is 0.345. The zero-order valence-electron chi connectivity index (χ0n) is 20.7. The van der Waals surface area contributed by atoms with Crippen LogP contribution in [0.25, 0.3) is 0 Å². The monoisotopic (exact) mass is 491 g/mol.